The van der Waals surface area contributed by atoms with Crippen LogP contribution in [0.25, 0.3) is 11.1 Å². The molecule has 0 aliphatic heterocycles. The molecule has 0 bridgehead atoms. The lowest BCUT2D eigenvalue weighted by Crippen LogP contribution is -1.90. The van der Waals surface area contributed by atoms with Gasteiger partial charge < -0.3 is 0 Å². The molecule has 2 heterocycles. The third-order valence-corrected chi connectivity index (χ3v) is 3.34. The van der Waals surface area contributed by atoms with Crippen LogP contribution in [0.4, 0.5) is 4.48 Å². The average Bonchev–Trinajstić information content (AvgIpc) is 2.90. The molecule has 3 heteroatoms. The van der Waals surface area contributed by atoms with Crippen molar-refractivity contribution >= 4 is 11.1 Å². The first kappa shape index (κ1) is 14.3. The van der Waals surface area contributed by atoms with Gasteiger partial charge in [0.05, 0.1) is 5.69 Å². The molecule has 2 aromatic heterocycles. The fourth-order valence-electron chi connectivity index (χ4n) is 2.15. The van der Waals surface area contributed by atoms with E-state index in [9.17, 15) is 4.48 Å². The Morgan fingerprint density at radius 2 is 1.85 bits per heavy atom. The second-order valence-corrected chi connectivity index (χ2v) is 4.86. The highest BCUT2D eigenvalue weighted by Gasteiger charge is 2.05. The van der Waals surface area contributed by atoms with Crippen LogP contribution in [0.3, 0.4) is 0 Å². The van der Waals surface area contributed by atoms with Gasteiger partial charge in [-0.1, -0.05) is 23.7 Å². The molecule has 0 aromatic carbocycles. The maximum Gasteiger partial charge on any atom is 0.0766 e. The van der Waals surface area contributed by atoms with Crippen molar-refractivity contribution in [3.63, 3.8) is 0 Å². The zero-order valence-electron chi connectivity index (χ0n) is 11.6. The summed E-state index contributed by atoms with van der Waals surface area (Å²) < 4.78 is 13.3. The van der Waals surface area contributed by atoms with Gasteiger partial charge in [-0.15, -0.1) is 0 Å². The molecule has 0 fully saturated rings. The van der Waals surface area contributed by atoms with Gasteiger partial charge in [0.25, 0.3) is 0 Å². The van der Waals surface area contributed by atoms with Crippen LogP contribution in [0, 0.1) is 0 Å². The van der Waals surface area contributed by atoms with E-state index in [-0.39, 0.29) is 0 Å². The van der Waals surface area contributed by atoms with Crippen molar-refractivity contribution < 1.29 is 4.48 Å². The summed E-state index contributed by atoms with van der Waals surface area (Å²) >= 11 is 0. The van der Waals surface area contributed by atoms with Crippen molar-refractivity contribution in [1.82, 2.24) is 9.77 Å². The van der Waals surface area contributed by atoms with Crippen molar-refractivity contribution in [2.75, 3.05) is 0 Å². The zero-order valence-corrected chi connectivity index (χ0v) is 11.6. The molecule has 0 saturated carbocycles. The fraction of sp³-hybridized carbons (Fsp3) is 0.235. The van der Waals surface area contributed by atoms with Crippen molar-refractivity contribution in [2.45, 2.75) is 25.7 Å². The Labute approximate surface area is 119 Å². The summed E-state index contributed by atoms with van der Waals surface area (Å²) in [5.74, 6) is 0. The standard InChI is InChI=1S/C17H19FN2/c1-14(16-9-5-11-19-13-16)7-3-4-8-15(2)17-10-6-12-20(17)18/h5-6,9-13H,1-4,7-8H2. The second kappa shape index (κ2) is 6.85. The van der Waals surface area contributed by atoms with Crippen LogP contribution in [-0.4, -0.2) is 9.77 Å². The van der Waals surface area contributed by atoms with E-state index in [4.69, 9.17) is 0 Å². The number of pyridine rings is 1. The van der Waals surface area contributed by atoms with Gasteiger partial charge in [-0.25, -0.2) is 0 Å². The van der Waals surface area contributed by atoms with Crippen LogP contribution in [0.2, 0.25) is 0 Å². The van der Waals surface area contributed by atoms with E-state index >= 15 is 0 Å². The minimum Gasteiger partial charge on any atom is -0.264 e. The Morgan fingerprint density at radius 3 is 2.45 bits per heavy atom. The first-order chi connectivity index (χ1) is 9.68. The van der Waals surface area contributed by atoms with E-state index in [1.165, 1.54) is 6.20 Å². The highest BCUT2D eigenvalue weighted by molar-refractivity contribution is 5.62. The molecule has 0 spiro atoms. The SMILES string of the molecule is C=C(CCCCC(=C)c1cccn1F)c1cccnc1. The van der Waals surface area contributed by atoms with Gasteiger partial charge in [0.2, 0.25) is 0 Å². The fourth-order valence-corrected chi connectivity index (χ4v) is 2.15. The van der Waals surface area contributed by atoms with Crippen molar-refractivity contribution in [2.24, 2.45) is 0 Å². The van der Waals surface area contributed by atoms with Crippen LogP contribution < -0.4 is 0 Å². The van der Waals surface area contributed by atoms with Crippen LogP contribution in [0.5, 0.6) is 0 Å². The lowest BCUT2D eigenvalue weighted by Gasteiger charge is -2.07. The maximum absolute atomic E-state index is 13.3. The number of allylic oxidation sites excluding steroid dienone is 2. The van der Waals surface area contributed by atoms with Gasteiger partial charge in [-0.05, 0) is 60.6 Å². The smallest absolute Gasteiger partial charge is 0.0766 e. The van der Waals surface area contributed by atoms with Gasteiger partial charge in [0.15, 0.2) is 0 Å². The molecule has 0 aliphatic carbocycles. The second-order valence-electron chi connectivity index (χ2n) is 4.86. The van der Waals surface area contributed by atoms with Gasteiger partial charge in [-0.2, -0.15) is 4.79 Å². The van der Waals surface area contributed by atoms with Crippen molar-refractivity contribution in [1.29, 1.82) is 0 Å². The molecule has 0 unspecified atom stereocenters. The lowest BCUT2D eigenvalue weighted by molar-refractivity contribution is 0.366. The van der Waals surface area contributed by atoms with E-state index in [1.807, 2.05) is 18.3 Å². The molecule has 0 atom stereocenters. The van der Waals surface area contributed by atoms with E-state index in [0.717, 1.165) is 42.4 Å². The normalized spacial score (nSPS) is 10.4. The molecule has 0 saturated heterocycles. The summed E-state index contributed by atoms with van der Waals surface area (Å²) in [7, 11) is 0. The maximum atomic E-state index is 13.3. The monoisotopic (exact) mass is 270 g/mol. The number of unbranched alkanes of at least 4 members (excludes halogenated alkanes) is 1. The summed E-state index contributed by atoms with van der Waals surface area (Å²) in [5, 5.41) is 0. The Hall–Kier alpha value is -2.16. The Morgan fingerprint density at radius 1 is 1.10 bits per heavy atom. The number of aromatic nitrogens is 2. The molecule has 0 radical (unpaired) electrons. The van der Waals surface area contributed by atoms with Gasteiger partial charge in [0.1, 0.15) is 0 Å². The molecule has 0 amide bonds. The topological polar surface area (TPSA) is 17.8 Å². The molecule has 2 nitrogen and oxygen atoms in total. The number of nitrogens with zero attached hydrogens (tertiary/aromatic N) is 2. The summed E-state index contributed by atoms with van der Waals surface area (Å²) in [6.45, 7) is 8.02. The summed E-state index contributed by atoms with van der Waals surface area (Å²) in [4.78, 5) is 4.71. The third-order valence-electron chi connectivity index (χ3n) is 3.34. The summed E-state index contributed by atoms with van der Waals surface area (Å²) in [5.41, 5.74) is 3.59. The number of halogens is 1. The number of hydrogen-bond donors (Lipinski definition) is 0. The summed E-state index contributed by atoms with van der Waals surface area (Å²) in [6.07, 6.45) is 8.70. The number of hydrogen-bond acceptors (Lipinski definition) is 1. The van der Waals surface area contributed by atoms with Crippen LogP contribution in [0.1, 0.15) is 36.9 Å². The Balaban J connectivity index is 1.73. The molecule has 2 rings (SSSR count). The highest BCUT2D eigenvalue weighted by atomic mass is 19.2. The van der Waals surface area contributed by atoms with Gasteiger partial charge >= 0.3 is 0 Å². The first-order valence-electron chi connectivity index (χ1n) is 6.78. The molecule has 0 N–H and O–H groups in total. The quantitative estimate of drug-likeness (QED) is 0.654. The Bertz CT molecular complexity index is 584. The minimum atomic E-state index is 0.566. The Kier molecular flexibility index (Phi) is 4.88. The third kappa shape index (κ3) is 3.67. The van der Waals surface area contributed by atoms with Crippen LogP contribution >= 0.6 is 0 Å². The van der Waals surface area contributed by atoms with E-state index in [2.05, 4.69) is 18.1 Å². The average molecular weight is 270 g/mol. The van der Waals surface area contributed by atoms with Crippen molar-refractivity contribution in [3.05, 3.63) is 67.3 Å². The lowest BCUT2D eigenvalue weighted by atomic mass is 10.0. The molecular weight excluding hydrogens is 251 g/mol. The molecular formula is C17H19FN2. The van der Waals surface area contributed by atoms with E-state index in [1.54, 1.807) is 18.3 Å². The van der Waals surface area contributed by atoms with Gasteiger partial charge in [-0.3, -0.25) is 4.98 Å². The number of rotatable bonds is 7. The minimum absolute atomic E-state index is 0.566. The molecule has 20 heavy (non-hydrogen) atoms. The first-order valence-corrected chi connectivity index (χ1v) is 6.78. The van der Waals surface area contributed by atoms with Gasteiger partial charge in [0, 0.05) is 18.6 Å². The largest absolute Gasteiger partial charge is 0.264 e. The predicted molar refractivity (Wildman–Crippen MR) is 81.7 cm³/mol. The molecule has 0 aliphatic rings. The van der Waals surface area contributed by atoms with E-state index in [0.29, 0.717) is 10.5 Å². The zero-order chi connectivity index (χ0) is 14.4. The van der Waals surface area contributed by atoms with Crippen LogP contribution in [0.15, 0.2) is 56.0 Å². The molecule has 2 aromatic rings. The molecule has 104 valence electrons. The summed E-state index contributed by atoms with van der Waals surface area (Å²) in [6, 6.07) is 7.36. The van der Waals surface area contributed by atoms with Crippen LogP contribution in [-0.2, 0) is 0 Å². The van der Waals surface area contributed by atoms with Crippen molar-refractivity contribution in [3.8, 4) is 0 Å². The van der Waals surface area contributed by atoms with E-state index < -0.39 is 0 Å². The highest BCUT2D eigenvalue weighted by Crippen LogP contribution is 2.23. The predicted octanol–water partition coefficient (Wildman–Crippen LogP) is 4.90.